The first-order valence-corrected chi connectivity index (χ1v) is 5.41. The van der Waals surface area contributed by atoms with Gasteiger partial charge in [0.1, 0.15) is 0 Å². The van der Waals surface area contributed by atoms with E-state index < -0.39 is 0 Å². The molecule has 1 unspecified atom stereocenters. The zero-order chi connectivity index (χ0) is 10.8. The van der Waals surface area contributed by atoms with Crippen LogP contribution in [0.3, 0.4) is 0 Å². The van der Waals surface area contributed by atoms with Crippen molar-refractivity contribution in [2.24, 2.45) is 5.73 Å². The number of halogens is 1. The molecule has 1 atom stereocenters. The number of hydrogen-bond donors (Lipinski definition) is 2. The van der Waals surface area contributed by atoms with Crippen LogP contribution >= 0.6 is 15.9 Å². The van der Waals surface area contributed by atoms with Crippen molar-refractivity contribution in [3.8, 4) is 0 Å². The highest BCUT2D eigenvalue weighted by Crippen LogP contribution is 2.29. The van der Waals surface area contributed by atoms with Gasteiger partial charge in [-0.1, -0.05) is 35.0 Å². The smallest absolute Gasteiger partial charge is 0.0537 e. The minimum atomic E-state index is -0.339. The third kappa shape index (κ3) is 2.00. The molecule has 1 aromatic rings. The van der Waals surface area contributed by atoms with Gasteiger partial charge in [-0.15, -0.1) is 0 Å². The van der Waals surface area contributed by atoms with Crippen LogP contribution in [0.2, 0.25) is 0 Å². The average molecular weight is 258 g/mol. The summed E-state index contributed by atoms with van der Waals surface area (Å²) in [5.74, 6) is 0. The average Bonchev–Trinajstić information content (AvgIpc) is 2.21. The molecular formula is C11H16BrNO. The van der Waals surface area contributed by atoms with Gasteiger partial charge in [-0.05, 0) is 24.1 Å². The highest BCUT2D eigenvalue weighted by Gasteiger charge is 2.26. The Bertz CT molecular complexity index is 321. The Morgan fingerprint density at radius 2 is 2.14 bits per heavy atom. The number of hydrogen-bond acceptors (Lipinski definition) is 2. The number of aliphatic hydroxyl groups is 1. The predicted octanol–water partition coefficient (Wildman–Crippen LogP) is 1.97. The molecule has 3 heteroatoms. The Hall–Kier alpha value is -0.380. The number of nitrogens with two attached hydrogens (primary N) is 1. The molecule has 0 radical (unpaired) electrons. The Morgan fingerprint density at radius 1 is 1.50 bits per heavy atom. The Kier molecular flexibility index (Phi) is 3.70. The van der Waals surface area contributed by atoms with Crippen LogP contribution in [-0.2, 0) is 5.41 Å². The molecule has 78 valence electrons. The molecule has 0 aliphatic heterocycles. The molecule has 0 spiro atoms. The van der Waals surface area contributed by atoms with Crippen molar-refractivity contribution in [1.82, 2.24) is 0 Å². The van der Waals surface area contributed by atoms with Crippen molar-refractivity contribution in [2.45, 2.75) is 19.3 Å². The standard InChI is InChI=1S/C11H16BrNO/c1-8-9(4-3-5-10(8)12)11(2,6-13)7-14/h3-5,14H,6-7,13H2,1-2H3. The predicted molar refractivity (Wildman–Crippen MR) is 62.4 cm³/mol. The van der Waals surface area contributed by atoms with Crippen LogP contribution in [0.25, 0.3) is 0 Å². The first-order chi connectivity index (χ1) is 6.55. The van der Waals surface area contributed by atoms with Crippen LogP contribution in [0.15, 0.2) is 22.7 Å². The van der Waals surface area contributed by atoms with E-state index in [-0.39, 0.29) is 12.0 Å². The maximum absolute atomic E-state index is 9.36. The monoisotopic (exact) mass is 257 g/mol. The molecule has 0 fully saturated rings. The molecule has 0 saturated heterocycles. The zero-order valence-corrected chi connectivity index (χ0v) is 10.1. The number of benzene rings is 1. The van der Waals surface area contributed by atoms with Gasteiger partial charge in [-0.2, -0.15) is 0 Å². The summed E-state index contributed by atoms with van der Waals surface area (Å²) in [7, 11) is 0. The van der Waals surface area contributed by atoms with Crippen molar-refractivity contribution < 1.29 is 5.11 Å². The summed E-state index contributed by atoms with van der Waals surface area (Å²) in [6.07, 6.45) is 0. The molecule has 0 aliphatic carbocycles. The van der Waals surface area contributed by atoms with Gasteiger partial charge in [0.2, 0.25) is 0 Å². The summed E-state index contributed by atoms with van der Waals surface area (Å²) in [5, 5.41) is 9.36. The lowest BCUT2D eigenvalue weighted by Gasteiger charge is -2.28. The first kappa shape index (κ1) is 11.7. The molecule has 0 amide bonds. The van der Waals surface area contributed by atoms with E-state index in [0.717, 1.165) is 15.6 Å². The van der Waals surface area contributed by atoms with Crippen molar-refractivity contribution in [3.63, 3.8) is 0 Å². The minimum Gasteiger partial charge on any atom is -0.395 e. The molecule has 0 aromatic heterocycles. The highest BCUT2D eigenvalue weighted by atomic mass is 79.9. The summed E-state index contributed by atoms with van der Waals surface area (Å²) < 4.78 is 1.06. The second-order valence-electron chi connectivity index (χ2n) is 3.84. The van der Waals surface area contributed by atoms with E-state index >= 15 is 0 Å². The van der Waals surface area contributed by atoms with Gasteiger partial charge < -0.3 is 10.8 Å². The van der Waals surface area contributed by atoms with Crippen LogP contribution in [0, 0.1) is 6.92 Å². The lowest BCUT2D eigenvalue weighted by atomic mass is 9.81. The van der Waals surface area contributed by atoms with Crippen LogP contribution in [0.4, 0.5) is 0 Å². The quantitative estimate of drug-likeness (QED) is 0.870. The third-order valence-corrected chi connectivity index (χ3v) is 3.58. The Morgan fingerprint density at radius 3 is 2.64 bits per heavy atom. The van der Waals surface area contributed by atoms with Gasteiger partial charge in [0, 0.05) is 16.4 Å². The van der Waals surface area contributed by atoms with Gasteiger partial charge in [0.25, 0.3) is 0 Å². The van der Waals surface area contributed by atoms with E-state index in [4.69, 9.17) is 5.73 Å². The Labute approximate surface area is 93.3 Å². The maximum Gasteiger partial charge on any atom is 0.0537 e. The molecule has 0 heterocycles. The van der Waals surface area contributed by atoms with Crippen molar-refractivity contribution in [1.29, 1.82) is 0 Å². The second kappa shape index (κ2) is 4.43. The third-order valence-electron chi connectivity index (χ3n) is 2.72. The first-order valence-electron chi connectivity index (χ1n) is 4.61. The van der Waals surface area contributed by atoms with E-state index in [1.54, 1.807) is 0 Å². The largest absolute Gasteiger partial charge is 0.395 e. The van der Waals surface area contributed by atoms with Gasteiger partial charge >= 0.3 is 0 Å². The number of rotatable bonds is 3. The molecule has 3 N–H and O–H groups in total. The van der Waals surface area contributed by atoms with Gasteiger partial charge in [-0.25, -0.2) is 0 Å². The summed E-state index contributed by atoms with van der Waals surface area (Å²) in [6, 6.07) is 5.98. The molecule has 0 aliphatic rings. The normalized spacial score (nSPS) is 15.2. The van der Waals surface area contributed by atoms with Crippen molar-refractivity contribution in [2.75, 3.05) is 13.2 Å². The van der Waals surface area contributed by atoms with E-state index in [1.807, 2.05) is 32.0 Å². The minimum absolute atomic E-state index is 0.0702. The van der Waals surface area contributed by atoms with Crippen LogP contribution in [0.1, 0.15) is 18.1 Å². The van der Waals surface area contributed by atoms with Crippen LogP contribution in [0.5, 0.6) is 0 Å². The lowest BCUT2D eigenvalue weighted by molar-refractivity contribution is 0.209. The number of aliphatic hydroxyl groups excluding tert-OH is 1. The van der Waals surface area contributed by atoms with E-state index in [1.165, 1.54) is 0 Å². The Balaban J connectivity index is 3.24. The summed E-state index contributed by atoms with van der Waals surface area (Å²) in [4.78, 5) is 0. The highest BCUT2D eigenvalue weighted by molar-refractivity contribution is 9.10. The van der Waals surface area contributed by atoms with E-state index in [9.17, 15) is 5.11 Å². The molecule has 14 heavy (non-hydrogen) atoms. The fraction of sp³-hybridized carbons (Fsp3) is 0.455. The van der Waals surface area contributed by atoms with E-state index in [2.05, 4.69) is 15.9 Å². The molecular weight excluding hydrogens is 242 g/mol. The summed E-state index contributed by atoms with van der Waals surface area (Å²) in [5.41, 5.74) is 7.61. The second-order valence-corrected chi connectivity index (χ2v) is 4.69. The zero-order valence-electron chi connectivity index (χ0n) is 8.55. The maximum atomic E-state index is 9.36. The van der Waals surface area contributed by atoms with Gasteiger partial charge in [0.15, 0.2) is 0 Å². The van der Waals surface area contributed by atoms with Gasteiger partial charge in [-0.3, -0.25) is 0 Å². The molecule has 2 nitrogen and oxygen atoms in total. The topological polar surface area (TPSA) is 46.2 Å². The van der Waals surface area contributed by atoms with Crippen molar-refractivity contribution in [3.05, 3.63) is 33.8 Å². The van der Waals surface area contributed by atoms with Gasteiger partial charge in [0.05, 0.1) is 6.61 Å². The van der Waals surface area contributed by atoms with Crippen LogP contribution < -0.4 is 5.73 Å². The van der Waals surface area contributed by atoms with Crippen LogP contribution in [-0.4, -0.2) is 18.3 Å². The molecule has 0 saturated carbocycles. The van der Waals surface area contributed by atoms with Crippen molar-refractivity contribution >= 4 is 15.9 Å². The molecule has 1 rings (SSSR count). The summed E-state index contributed by atoms with van der Waals surface area (Å²) >= 11 is 3.47. The fourth-order valence-corrected chi connectivity index (χ4v) is 1.89. The van der Waals surface area contributed by atoms with E-state index in [0.29, 0.717) is 6.54 Å². The summed E-state index contributed by atoms with van der Waals surface area (Å²) in [6.45, 7) is 4.52. The molecule has 0 bridgehead atoms. The SMILES string of the molecule is Cc1c(Br)cccc1C(C)(CN)CO. The molecule has 1 aromatic carbocycles. The lowest BCUT2D eigenvalue weighted by Crippen LogP contribution is -2.36. The fourth-order valence-electron chi connectivity index (χ4n) is 1.52.